The fourth-order valence-electron chi connectivity index (χ4n) is 1.67. The summed E-state index contributed by atoms with van der Waals surface area (Å²) in [6.07, 6.45) is 2.10. The first-order chi connectivity index (χ1) is 10.6. The highest BCUT2D eigenvalue weighted by molar-refractivity contribution is 8.76. The van der Waals surface area contributed by atoms with Gasteiger partial charge in [-0.15, -0.1) is 0 Å². The Balaban J connectivity index is 1.97. The van der Waals surface area contributed by atoms with Crippen LogP contribution in [0, 0.1) is 5.82 Å². The number of carboxylic acids is 1. The van der Waals surface area contributed by atoms with Crippen molar-refractivity contribution >= 4 is 33.5 Å². The molecule has 7 heteroatoms. The monoisotopic (exact) mass is 345 g/mol. The highest BCUT2D eigenvalue weighted by Gasteiger charge is 2.02. The van der Waals surface area contributed by atoms with Crippen LogP contribution in [0.3, 0.4) is 0 Å². The maximum atomic E-state index is 12.7. The Morgan fingerprint density at radius 1 is 1.09 bits per heavy atom. The van der Waals surface area contributed by atoms with Gasteiger partial charge >= 0.3 is 5.97 Å². The van der Waals surface area contributed by atoms with Gasteiger partial charge in [0.05, 0.1) is 6.42 Å². The van der Waals surface area contributed by atoms with E-state index >= 15 is 0 Å². The lowest BCUT2D eigenvalue weighted by Gasteiger charge is -2.05. The first-order valence-electron chi connectivity index (χ1n) is 7.05. The van der Waals surface area contributed by atoms with Crippen LogP contribution in [0.5, 0.6) is 0 Å². The normalized spacial score (nSPS) is 10.4. The summed E-state index contributed by atoms with van der Waals surface area (Å²) in [6, 6.07) is 6.32. The first-order valence-corrected chi connectivity index (χ1v) is 9.54. The molecule has 22 heavy (non-hydrogen) atoms. The molecule has 0 heterocycles. The van der Waals surface area contributed by atoms with Crippen molar-refractivity contribution in [1.29, 1.82) is 0 Å². The van der Waals surface area contributed by atoms with Crippen molar-refractivity contribution in [2.45, 2.75) is 25.7 Å². The van der Waals surface area contributed by atoms with Crippen LogP contribution in [-0.4, -0.2) is 35.0 Å². The lowest BCUT2D eigenvalue weighted by molar-refractivity contribution is -0.136. The molecule has 1 aromatic carbocycles. The van der Waals surface area contributed by atoms with Crippen LogP contribution in [0.1, 0.15) is 24.8 Å². The summed E-state index contributed by atoms with van der Waals surface area (Å²) in [5.74, 6) is 0.306. The summed E-state index contributed by atoms with van der Waals surface area (Å²) in [5, 5.41) is 11.3. The third kappa shape index (κ3) is 9.68. The molecule has 1 amide bonds. The molecule has 4 nitrogen and oxygen atoms in total. The topological polar surface area (TPSA) is 66.4 Å². The molecule has 0 saturated carbocycles. The summed E-state index contributed by atoms with van der Waals surface area (Å²) in [4.78, 5) is 21.9. The van der Waals surface area contributed by atoms with E-state index in [4.69, 9.17) is 5.11 Å². The van der Waals surface area contributed by atoms with Gasteiger partial charge in [0.2, 0.25) is 5.91 Å². The van der Waals surface area contributed by atoms with E-state index in [9.17, 15) is 14.0 Å². The number of nitrogens with one attached hydrogen (secondary N) is 1. The Bertz CT molecular complexity index is 468. The van der Waals surface area contributed by atoms with Crippen LogP contribution in [-0.2, 0) is 16.0 Å². The molecule has 122 valence electrons. The molecule has 0 fully saturated rings. The molecular weight excluding hydrogens is 325 g/mol. The van der Waals surface area contributed by atoms with E-state index in [1.54, 1.807) is 22.9 Å². The molecule has 0 aromatic heterocycles. The number of rotatable bonds is 11. The number of hydrogen-bond acceptors (Lipinski definition) is 4. The summed E-state index contributed by atoms with van der Waals surface area (Å²) < 4.78 is 12.7. The van der Waals surface area contributed by atoms with Gasteiger partial charge in [0, 0.05) is 24.5 Å². The van der Waals surface area contributed by atoms with Crippen LogP contribution in [0.4, 0.5) is 4.39 Å². The zero-order valence-corrected chi connectivity index (χ0v) is 13.9. The number of carboxylic acid groups (broad SMARTS) is 1. The van der Waals surface area contributed by atoms with E-state index in [0.29, 0.717) is 18.7 Å². The van der Waals surface area contributed by atoms with Crippen LogP contribution in [0.15, 0.2) is 24.3 Å². The molecule has 0 atom stereocenters. The number of carbonyl (C=O) groups is 2. The van der Waals surface area contributed by atoms with E-state index in [1.807, 2.05) is 0 Å². The molecule has 2 N–H and O–H groups in total. The van der Waals surface area contributed by atoms with Crippen molar-refractivity contribution in [2.75, 3.05) is 18.1 Å². The SMILES string of the molecule is O=C(O)CCSSCCNC(=O)CCCc1ccc(F)cc1. The van der Waals surface area contributed by atoms with Gasteiger partial charge in [-0.1, -0.05) is 33.7 Å². The second kappa shape index (κ2) is 11.4. The average Bonchev–Trinajstić information content (AvgIpc) is 2.48. The van der Waals surface area contributed by atoms with Crippen LogP contribution >= 0.6 is 21.6 Å². The first kappa shape index (κ1) is 18.8. The van der Waals surface area contributed by atoms with E-state index in [1.165, 1.54) is 22.9 Å². The maximum Gasteiger partial charge on any atom is 0.304 e. The molecule has 1 rings (SSSR count). The van der Waals surface area contributed by atoms with Crippen LogP contribution in [0.2, 0.25) is 0 Å². The lowest BCUT2D eigenvalue weighted by atomic mass is 10.1. The maximum absolute atomic E-state index is 12.7. The standard InChI is InChI=1S/C15H20FNO3S2/c16-13-6-4-12(5-7-13)2-1-3-14(18)17-9-11-22-21-10-8-15(19)20/h4-7H,1-3,8-11H2,(H,17,18)(H,19,20). The van der Waals surface area contributed by atoms with Gasteiger partial charge in [-0.3, -0.25) is 9.59 Å². The zero-order valence-electron chi connectivity index (χ0n) is 12.2. The third-order valence-corrected chi connectivity index (χ3v) is 5.18. The number of aryl methyl sites for hydroxylation is 1. The van der Waals surface area contributed by atoms with Crippen molar-refractivity contribution in [3.05, 3.63) is 35.6 Å². The summed E-state index contributed by atoms with van der Waals surface area (Å²) in [6.45, 7) is 0.583. The Labute approximate surface area is 137 Å². The smallest absolute Gasteiger partial charge is 0.304 e. The number of amides is 1. The molecule has 0 aliphatic rings. The fraction of sp³-hybridized carbons (Fsp3) is 0.467. The van der Waals surface area contributed by atoms with Crippen molar-refractivity contribution < 1.29 is 19.1 Å². The minimum Gasteiger partial charge on any atom is -0.481 e. The second-order valence-electron chi connectivity index (χ2n) is 4.62. The minimum absolute atomic E-state index is 0.0123. The average molecular weight is 345 g/mol. The van der Waals surface area contributed by atoms with Gasteiger partial charge < -0.3 is 10.4 Å². The number of hydrogen-bond donors (Lipinski definition) is 2. The van der Waals surface area contributed by atoms with Gasteiger partial charge in [0.15, 0.2) is 0 Å². The Hall–Kier alpha value is -1.21. The molecular formula is C15H20FNO3S2. The van der Waals surface area contributed by atoms with Gasteiger partial charge in [-0.25, -0.2) is 4.39 Å². The van der Waals surface area contributed by atoms with Crippen molar-refractivity contribution in [1.82, 2.24) is 5.32 Å². The number of carbonyl (C=O) groups excluding carboxylic acids is 1. The van der Waals surface area contributed by atoms with Gasteiger partial charge in [0.1, 0.15) is 5.82 Å². The molecule has 0 aliphatic heterocycles. The third-order valence-electron chi connectivity index (χ3n) is 2.77. The summed E-state index contributed by atoms with van der Waals surface area (Å²) in [5.41, 5.74) is 1.03. The molecule has 1 aromatic rings. The number of halogens is 1. The summed E-state index contributed by atoms with van der Waals surface area (Å²) in [7, 11) is 3.07. The van der Waals surface area contributed by atoms with Gasteiger partial charge in [-0.05, 0) is 30.5 Å². The predicted molar refractivity (Wildman–Crippen MR) is 89.5 cm³/mol. The molecule has 0 saturated heterocycles. The Morgan fingerprint density at radius 2 is 1.77 bits per heavy atom. The fourth-order valence-corrected chi connectivity index (χ4v) is 3.56. The number of benzene rings is 1. The highest BCUT2D eigenvalue weighted by atomic mass is 33.1. The highest BCUT2D eigenvalue weighted by Crippen LogP contribution is 2.20. The quantitative estimate of drug-likeness (QED) is 0.476. The molecule has 0 bridgehead atoms. The molecule has 0 aliphatic carbocycles. The predicted octanol–water partition coefficient (Wildman–Crippen LogP) is 3.12. The lowest BCUT2D eigenvalue weighted by Crippen LogP contribution is -2.25. The van der Waals surface area contributed by atoms with Crippen molar-refractivity contribution in [2.24, 2.45) is 0 Å². The minimum atomic E-state index is -0.789. The van der Waals surface area contributed by atoms with Crippen LogP contribution < -0.4 is 5.32 Å². The van der Waals surface area contributed by atoms with Gasteiger partial charge in [0.25, 0.3) is 0 Å². The van der Waals surface area contributed by atoms with Crippen molar-refractivity contribution in [3.63, 3.8) is 0 Å². The van der Waals surface area contributed by atoms with E-state index in [2.05, 4.69) is 5.32 Å². The second-order valence-corrected chi connectivity index (χ2v) is 7.32. The Morgan fingerprint density at radius 3 is 2.45 bits per heavy atom. The largest absolute Gasteiger partial charge is 0.481 e. The van der Waals surface area contributed by atoms with Gasteiger partial charge in [-0.2, -0.15) is 0 Å². The number of aliphatic carboxylic acids is 1. The van der Waals surface area contributed by atoms with Crippen molar-refractivity contribution in [3.8, 4) is 0 Å². The molecule has 0 spiro atoms. The van der Waals surface area contributed by atoms with E-state index < -0.39 is 5.97 Å². The summed E-state index contributed by atoms with van der Waals surface area (Å²) >= 11 is 0. The zero-order chi connectivity index (χ0) is 16.2. The van der Waals surface area contributed by atoms with E-state index in [-0.39, 0.29) is 18.1 Å². The van der Waals surface area contributed by atoms with E-state index in [0.717, 1.165) is 24.2 Å². The molecule has 0 unspecified atom stereocenters. The molecule has 0 radical (unpaired) electrons. The Kier molecular flexibility index (Phi) is 9.74. The van der Waals surface area contributed by atoms with Crippen LogP contribution in [0.25, 0.3) is 0 Å².